The summed E-state index contributed by atoms with van der Waals surface area (Å²) in [4.78, 5) is 41.3. The van der Waals surface area contributed by atoms with E-state index in [-0.39, 0.29) is 35.2 Å². The molecule has 2 aliphatic rings. The Hall–Kier alpha value is -3.00. The van der Waals surface area contributed by atoms with Crippen LogP contribution in [0.2, 0.25) is 0 Å². The number of carbonyl (C=O) groups excluding carboxylic acids is 2. The monoisotopic (exact) mass is 482 g/mol. The van der Waals surface area contributed by atoms with Gasteiger partial charge in [0.1, 0.15) is 11.9 Å². The van der Waals surface area contributed by atoms with Gasteiger partial charge in [-0.2, -0.15) is 0 Å². The van der Waals surface area contributed by atoms with Crippen LogP contribution in [0.25, 0.3) is 0 Å². The number of hydrogen-bond donors (Lipinski definition) is 2. The molecule has 2 N–H and O–H groups in total. The molecular formula is C27H35FN4O3. The molecule has 2 aromatic rings. The maximum Gasteiger partial charge on any atom is 0.251 e. The minimum absolute atomic E-state index is 0.0948. The van der Waals surface area contributed by atoms with Crippen LogP contribution in [0.1, 0.15) is 63.1 Å². The molecule has 0 bridgehead atoms. The lowest BCUT2D eigenvalue weighted by molar-refractivity contribution is -0.130. The molecule has 1 fully saturated rings. The second kappa shape index (κ2) is 10.7. The summed E-state index contributed by atoms with van der Waals surface area (Å²) in [6, 6.07) is 6.37. The summed E-state index contributed by atoms with van der Waals surface area (Å²) >= 11 is 0. The molecule has 4 rings (SSSR count). The average Bonchev–Trinajstić information content (AvgIpc) is 3.28. The number of amides is 2. The Labute approximate surface area is 205 Å². The van der Waals surface area contributed by atoms with E-state index in [4.69, 9.17) is 0 Å². The van der Waals surface area contributed by atoms with Gasteiger partial charge in [0.05, 0.1) is 17.8 Å². The first-order chi connectivity index (χ1) is 16.8. The van der Waals surface area contributed by atoms with E-state index >= 15 is 0 Å². The Morgan fingerprint density at radius 3 is 2.43 bits per heavy atom. The standard InChI is InChI=1S/C27H35FN4O3/c1-17(29-3)26(34)30-25(20-7-5-4-6-8-20)27(35)31-14-13-21-15-24(33)32(16-23(21)31)18(2)19-9-11-22(28)12-10-19/h9-12,15-18,20,25,29H,4-8,13-14H2,1-3H3,(H,30,34)/t17-,18?,25-/m0/s1. The zero-order valence-corrected chi connectivity index (χ0v) is 20.7. The average molecular weight is 483 g/mol. The third-order valence-electron chi connectivity index (χ3n) is 7.59. The molecule has 188 valence electrons. The number of pyridine rings is 1. The number of halogens is 1. The van der Waals surface area contributed by atoms with Crippen LogP contribution in [-0.4, -0.2) is 42.1 Å². The fourth-order valence-corrected chi connectivity index (χ4v) is 5.23. The smallest absolute Gasteiger partial charge is 0.251 e. The molecule has 3 atom stereocenters. The van der Waals surface area contributed by atoms with E-state index in [9.17, 15) is 18.8 Å². The molecule has 8 heteroatoms. The summed E-state index contributed by atoms with van der Waals surface area (Å²) in [6.07, 6.45) is 7.42. The fourth-order valence-electron chi connectivity index (χ4n) is 5.23. The van der Waals surface area contributed by atoms with Gasteiger partial charge in [-0.25, -0.2) is 4.39 Å². The van der Waals surface area contributed by atoms with Crippen molar-refractivity contribution in [3.63, 3.8) is 0 Å². The van der Waals surface area contributed by atoms with Crippen LogP contribution in [0.3, 0.4) is 0 Å². The Balaban J connectivity index is 1.64. The van der Waals surface area contributed by atoms with E-state index in [0.717, 1.165) is 43.2 Å². The van der Waals surface area contributed by atoms with Crippen LogP contribution in [0.4, 0.5) is 10.1 Å². The van der Waals surface area contributed by atoms with Crippen molar-refractivity contribution in [2.75, 3.05) is 18.5 Å². The van der Waals surface area contributed by atoms with E-state index in [1.165, 1.54) is 12.1 Å². The molecule has 2 amide bonds. The highest BCUT2D eigenvalue weighted by molar-refractivity contribution is 6.01. The number of carbonyl (C=O) groups is 2. The van der Waals surface area contributed by atoms with Gasteiger partial charge in [0.25, 0.3) is 5.56 Å². The van der Waals surface area contributed by atoms with Gasteiger partial charge in [0, 0.05) is 18.8 Å². The van der Waals surface area contributed by atoms with Gasteiger partial charge in [-0.15, -0.1) is 0 Å². The highest BCUT2D eigenvalue weighted by Gasteiger charge is 2.37. The summed E-state index contributed by atoms with van der Waals surface area (Å²) in [5.74, 6) is -0.544. The summed E-state index contributed by atoms with van der Waals surface area (Å²) in [5.41, 5.74) is 2.19. The van der Waals surface area contributed by atoms with Gasteiger partial charge in [-0.3, -0.25) is 14.4 Å². The first-order valence-corrected chi connectivity index (χ1v) is 12.6. The molecule has 0 saturated heterocycles. The number of nitrogens with zero attached hydrogens (tertiary/aromatic N) is 2. The molecule has 0 radical (unpaired) electrons. The number of hydrogen-bond acceptors (Lipinski definition) is 4. The van der Waals surface area contributed by atoms with E-state index < -0.39 is 12.1 Å². The molecule has 2 heterocycles. The van der Waals surface area contributed by atoms with Crippen LogP contribution in [0, 0.1) is 11.7 Å². The van der Waals surface area contributed by atoms with Gasteiger partial charge in [0.15, 0.2) is 0 Å². The molecule has 1 aliphatic heterocycles. The van der Waals surface area contributed by atoms with Crippen molar-refractivity contribution in [1.82, 2.24) is 15.2 Å². The SMILES string of the molecule is CN[C@@H](C)C(=O)N[C@H](C(=O)N1CCc2cc(=O)n(C(C)c3ccc(F)cc3)cc21)C1CCCCC1. The molecule has 0 spiro atoms. The summed E-state index contributed by atoms with van der Waals surface area (Å²) in [7, 11) is 1.72. The lowest BCUT2D eigenvalue weighted by Crippen LogP contribution is -2.55. The Kier molecular flexibility index (Phi) is 7.69. The van der Waals surface area contributed by atoms with Crippen LogP contribution >= 0.6 is 0 Å². The number of rotatable bonds is 7. The van der Waals surface area contributed by atoms with Crippen LogP contribution in [0.15, 0.2) is 41.3 Å². The third kappa shape index (κ3) is 5.32. The maximum atomic E-state index is 13.9. The summed E-state index contributed by atoms with van der Waals surface area (Å²) in [5, 5.41) is 5.97. The van der Waals surface area contributed by atoms with E-state index in [1.807, 2.05) is 6.92 Å². The number of benzene rings is 1. The van der Waals surface area contributed by atoms with Crippen molar-refractivity contribution in [2.45, 2.75) is 70.5 Å². The summed E-state index contributed by atoms with van der Waals surface area (Å²) in [6.45, 7) is 4.13. The lowest BCUT2D eigenvalue weighted by atomic mass is 9.83. The fraction of sp³-hybridized carbons (Fsp3) is 0.519. The topological polar surface area (TPSA) is 83.4 Å². The first-order valence-electron chi connectivity index (χ1n) is 12.6. The van der Waals surface area contributed by atoms with Crippen LogP contribution in [0.5, 0.6) is 0 Å². The van der Waals surface area contributed by atoms with Crippen molar-refractivity contribution in [3.8, 4) is 0 Å². The largest absolute Gasteiger partial charge is 0.343 e. The van der Waals surface area contributed by atoms with Gasteiger partial charge in [0.2, 0.25) is 11.8 Å². The molecule has 1 aromatic heterocycles. The van der Waals surface area contributed by atoms with Crippen LogP contribution in [-0.2, 0) is 16.0 Å². The molecule has 1 unspecified atom stereocenters. The molecule has 35 heavy (non-hydrogen) atoms. The van der Waals surface area contributed by atoms with Crippen molar-refractivity contribution in [3.05, 3.63) is 63.8 Å². The normalized spacial score (nSPS) is 18.6. The zero-order chi connectivity index (χ0) is 25.1. The number of anilines is 1. The van der Waals surface area contributed by atoms with E-state index in [0.29, 0.717) is 18.7 Å². The third-order valence-corrected chi connectivity index (χ3v) is 7.59. The minimum atomic E-state index is -0.598. The van der Waals surface area contributed by atoms with Gasteiger partial charge in [-0.05, 0) is 69.3 Å². The lowest BCUT2D eigenvalue weighted by Gasteiger charge is -2.33. The van der Waals surface area contributed by atoms with E-state index in [2.05, 4.69) is 10.6 Å². The highest BCUT2D eigenvalue weighted by Crippen LogP contribution is 2.32. The Bertz CT molecular complexity index is 1120. The molecule has 1 aliphatic carbocycles. The highest BCUT2D eigenvalue weighted by atomic mass is 19.1. The number of likely N-dealkylation sites (N-methyl/N-ethyl adjacent to an activating group) is 1. The Morgan fingerprint density at radius 2 is 1.77 bits per heavy atom. The van der Waals surface area contributed by atoms with Gasteiger partial charge >= 0.3 is 0 Å². The molecule has 7 nitrogen and oxygen atoms in total. The quantitative estimate of drug-likeness (QED) is 0.635. The first kappa shape index (κ1) is 25.1. The summed E-state index contributed by atoms with van der Waals surface area (Å²) < 4.78 is 15.0. The van der Waals surface area contributed by atoms with Gasteiger partial charge in [-0.1, -0.05) is 31.4 Å². The van der Waals surface area contributed by atoms with E-state index in [1.54, 1.807) is 47.8 Å². The van der Waals surface area contributed by atoms with Crippen molar-refractivity contribution < 1.29 is 14.0 Å². The molecule has 1 saturated carbocycles. The predicted molar refractivity (Wildman–Crippen MR) is 134 cm³/mol. The van der Waals surface area contributed by atoms with Crippen molar-refractivity contribution in [2.24, 2.45) is 5.92 Å². The predicted octanol–water partition coefficient (Wildman–Crippen LogP) is 3.16. The zero-order valence-electron chi connectivity index (χ0n) is 20.7. The maximum absolute atomic E-state index is 13.9. The number of aromatic nitrogens is 1. The number of fused-ring (bicyclic) bond motifs is 1. The Morgan fingerprint density at radius 1 is 1.09 bits per heavy atom. The minimum Gasteiger partial charge on any atom is -0.343 e. The van der Waals surface area contributed by atoms with Crippen molar-refractivity contribution in [1.29, 1.82) is 0 Å². The van der Waals surface area contributed by atoms with Gasteiger partial charge < -0.3 is 20.1 Å². The molecule has 1 aromatic carbocycles. The molecular weight excluding hydrogens is 447 g/mol. The second-order valence-corrected chi connectivity index (χ2v) is 9.79. The van der Waals surface area contributed by atoms with Crippen LogP contribution < -0.4 is 21.1 Å². The van der Waals surface area contributed by atoms with Crippen molar-refractivity contribution >= 4 is 17.5 Å². The second-order valence-electron chi connectivity index (χ2n) is 9.79. The number of nitrogens with one attached hydrogen (secondary N) is 2.